The van der Waals surface area contributed by atoms with E-state index in [-0.39, 0.29) is 5.82 Å². The Morgan fingerprint density at radius 1 is 1.38 bits per heavy atom. The number of hydrogen-bond acceptors (Lipinski definition) is 3. The molecule has 3 nitrogen and oxygen atoms in total. The first-order valence-corrected chi connectivity index (χ1v) is 5.33. The van der Waals surface area contributed by atoms with Gasteiger partial charge in [0.15, 0.2) is 0 Å². The molecule has 0 aromatic heterocycles. The largest absolute Gasteiger partial charge is 0.491 e. The predicted molar refractivity (Wildman–Crippen MR) is 59.0 cm³/mol. The van der Waals surface area contributed by atoms with E-state index < -0.39 is 6.10 Å². The van der Waals surface area contributed by atoms with Crippen molar-refractivity contribution in [2.75, 3.05) is 19.8 Å². The Morgan fingerprint density at radius 3 is 2.75 bits per heavy atom. The van der Waals surface area contributed by atoms with Crippen LogP contribution in [0.25, 0.3) is 0 Å². The molecular weight excluding hydrogens is 211 g/mol. The third-order valence-corrected chi connectivity index (χ3v) is 2.12. The van der Waals surface area contributed by atoms with Crippen LogP contribution in [0.15, 0.2) is 18.2 Å². The summed E-state index contributed by atoms with van der Waals surface area (Å²) in [6.07, 6.45) is -0.678. The summed E-state index contributed by atoms with van der Waals surface area (Å²) in [5, 5.41) is 9.46. The molecule has 1 aromatic rings. The van der Waals surface area contributed by atoms with Crippen molar-refractivity contribution in [2.45, 2.75) is 20.0 Å². The van der Waals surface area contributed by atoms with Crippen LogP contribution in [0.3, 0.4) is 0 Å². The molecule has 0 radical (unpaired) electrons. The average Bonchev–Trinajstić information content (AvgIpc) is 2.24. The van der Waals surface area contributed by atoms with Crippen LogP contribution in [0.5, 0.6) is 5.75 Å². The highest BCUT2D eigenvalue weighted by Crippen LogP contribution is 2.25. The first-order chi connectivity index (χ1) is 7.65. The summed E-state index contributed by atoms with van der Waals surface area (Å²) in [4.78, 5) is 0. The molecule has 0 aliphatic heterocycles. The highest BCUT2D eigenvalue weighted by molar-refractivity contribution is 5.35. The summed E-state index contributed by atoms with van der Waals surface area (Å²) >= 11 is 0. The smallest absolute Gasteiger partial charge is 0.128 e. The summed E-state index contributed by atoms with van der Waals surface area (Å²) in [6, 6.07) is 4.10. The molecule has 0 aliphatic rings. The van der Waals surface area contributed by atoms with Crippen LogP contribution < -0.4 is 4.74 Å². The lowest BCUT2D eigenvalue weighted by molar-refractivity contribution is 0.107. The van der Waals surface area contributed by atoms with E-state index in [1.165, 1.54) is 18.2 Å². The number of benzene rings is 1. The van der Waals surface area contributed by atoms with Gasteiger partial charge in [0.05, 0.1) is 12.7 Å². The Hall–Kier alpha value is -1.13. The zero-order chi connectivity index (χ0) is 12.0. The quantitative estimate of drug-likeness (QED) is 0.759. The van der Waals surface area contributed by atoms with Gasteiger partial charge in [0.25, 0.3) is 0 Å². The minimum absolute atomic E-state index is 0.344. The van der Waals surface area contributed by atoms with Crippen LogP contribution in [0.4, 0.5) is 4.39 Å². The zero-order valence-corrected chi connectivity index (χ0v) is 9.57. The van der Waals surface area contributed by atoms with Gasteiger partial charge >= 0.3 is 0 Å². The van der Waals surface area contributed by atoms with Gasteiger partial charge in [-0.05, 0) is 26.0 Å². The molecule has 1 N–H and O–H groups in total. The molecule has 0 spiro atoms. The maximum Gasteiger partial charge on any atom is 0.128 e. The summed E-state index contributed by atoms with van der Waals surface area (Å²) in [5.74, 6) is -0.00878. The van der Waals surface area contributed by atoms with Crippen LogP contribution >= 0.6 is 0 Å². The number of aliphatic hydroxyl groups excluding tert-OH is 1. The van der Waals surface area contributed by atoms with Crippen molar-refractivity contribution >= 4 is 0 Å². The molecule has 0 unspecified atom stereocenters. The monoisotopic (exact) mass is 228 g/mol. The van der Waals surface area contributed by atoms with Gasteiger partial charge in [0.2, 0.25) is 0 Å². The van der Waals surface area contributed by atoms with Crippen LogP contribution in [0, 0.1) is 5.82 Å². The van der Waals surface area contributed by atoms with Crippen LogP contribution in [-0.2, 0) is 4.74 Å². The van der Waals surface area contributed by atoms with Gasteiger partial charge in [0.1, 0.15) is 18.2 Å². The second-order valence-corrected chi connectivity index (χ2v) is 3.40. The minimum atomic E-state index is -0.678. The molecule has 0 saturated heterocycles. The SMILES string of the molecule is CCOCCOc1cc(F)ccc1[C@@H](C)O. The van der Waals surface area contributed by atoms with Gasteiger partial charge in [-0.1, -0.05) is 0 Å². The second-order valence-electron chi connectivity index (χ2n) is 3.40. The van der Waals surface area contributed by atoms with Crippen molar-refractivity contribution in [3.63, 3.8) is 0 Å². The molecule has 0 saturated carbocycles. The van der Waals surface area contributed by atoms with E-state index in [4.69, 9.17) is 9.47 Å². The molecule has 1 aromatic carbocycles. The Morgan fingerprint density at radius 2 is 2.12 bits per heavy atom. The minimum Gasteiger partial charge on any atom is -0.491 e. The molecule has 90 valence electrons. The molecule has 0 bridgehead atoms. The Labute approximate surface area is 94.8 Å². The Bertz CT molecular complexity index is 326. The first kappa shape index (κ1) is 12.9. The van der Waals surface area contributed by atoms with Crippen molar-refractivity contribution in [1.82, 2.24) is 0 Å². The van der Waals surface area contributed by atoms with Gasteiger partial charge in [-0.2, -0.15) is 0 Å². The van der Waals surface area contributed by atoms with Gasteiger partial charge in [-0.3, -0.25) is 0 Å². The summed E-state index contributed by atoms with van der Waals surface area (Å²) in [5.41, 5.74) is 0.581. The Balaban J connectivity index is 2.65. The second kappa shape index (κ2) is 6.45. The van der Waals surface area contributed by atoms with Gasteiger partial charge in [-0.25, -0.2) is 4.39 Å². The van der Waals surface area contributed by atoms with Gasteiger partial charge < -0.3 is 14.6 Å². The third kappa shape index (κ3) is 3.79. The molecule has 1 rings (SSSR count). The number of hydrogen-bond donors (Lipinski definition) is 1. The average molecular weight is 228 g/mol. The summed E-state index contributed by atoms with van der Waals surface area (Å²) in [6.45, 7) is 4.92. The summed E-state index contributed by atoms with van der Waals surface area (Å²) < 4.78 is 23.5. The van der Waals surface area contributed by atoms with Crippen LogP contribution in [0.1, 0.15) is 25.5 Å². The predicted octanol–water partition coefficient (Wildman–Crippen LogP) is 2.29. The van der Waals surface area contributed by atoms with E-state index in [0.717, 1.165) is 0 Å². The number of aliphatic hydroxyl groups is 1. The van der Waals surface area contributed by atoms with E-state index in [1.54, 1.807) is 6.92 Å². The standard InChI is InChI=1S/C12H17FO3/c1-3-15-6-7-16-12-8-10(13)4-5-11(12)9(2)14/h4-5,8-9,14H,3,6-7H2,1-2H3/t9-/m1/s1. The lowest BCUT2D eigenvalue weighted by atomic mass is 10.1. The maximum atomic E-state index is 13.0. The Kier molecular flexibility index (Phi) is 5.22. The molecule has 0 fully saturated rings. The molecule has 16 heavy (non-hydrogen) atoms. The van der Waals surface area contributed by atoms with Gasteiger partial charge in [0, 0.05) is 18.2 Å². The van der Waals surface area contributed by atoms with E-state index in [0.29, 0.717) is 31.1 Å². The highest BCUT2D eigenvalue weighted by Gasteiger charge is 2.10. The molecule has 0 heterocycles. The van der Waals surface area contributed by atoms with Gasteiger partial charge in [-0.15, -0.1) is 0 Å². The van der Waals surface area contributed by atoms with Crippen molar-refractivity contribution in [2.24, 2.45) is 0 Å². The van der Waals surface area contributed by atoms with E-state index in [9.17, 15) is 9.50 Å². The van der Waals surface area contributed by atoms with Crippen molar-refractivity contribution in [1.29, 1.82) is 0 Å². The van der Waals surface area contributed by atoms with E-state index in [2.05, 4.69) is 0 Å². The van der Waals surface area contributed by atoms with E-state index in [1.807, 2.05) is 6.92 Å². The summed E-state index contributed by atoms with van der Waals surface area (Å²) in [7, 11) is 0. The number of halogens is 1. The fourth-order valence-corrected chi connectivity index (χ4v) is 1.33. The molecule has 1 atom stereocenters. The molecule has 0 amide bonds. The molecule has 4 heteroatoms. The van der Waals surface area contributed by atoms with Crippen molar-refractivity contribution < 1.29 is 19.0 Å². The lowest BCUT2D eigenvalue weighted by Gasteiger charge is -2.13. The fourth-order valence-electron chi connectivity index (χ4n) is 1.33. The van der Waals surface area contributed by atoms with Crippen molar-refractivity contribution in [3.05, 3.63) is 29.6 Å². The number of rotatable bonds is 6. The van der Waals surface area contributed by atoms with Crippen molar-refractivity contribution in [3.8, 4) is 5.75 Å². The lowest BCUT2D eigenvalue weighted by Crippen LogP contribution is -2.08. The van der Waals surface area contributed by atoms with Crippen LogP contribution in [-0.4, -0.2) is 24.9 Å². The molecular formula is C12H17FO3. The van der Waals surface area contributed by atoms with Crippen LogP contribution in [0.2, 0.25) is 0 Å². The first-order valence-electron chi connectivity index (χ1n) is 5.33. The normalized spacial score (nSPS) is 12.5. The zero-order valence-electron chi connectivity index (χ0n) is 9.57. The topological polar surface area (TPSA) is 38.7 Å². The third-order valence-electron chi connectivity index (χ3n) is 2.12. The maximum absolute atomic E-state index is 13.0. The molecule has 0 aliphatic carbocycles. The highest BCUT2D eigenvalue weighted by atomic mass is 19.1. The van der Waals surface area contributed by atoms with E-state index >= 15 is 0 Å². The number of ether oxygens (including phenoxy) is 2. The fraction of sp³-hybridized carbons (Fsp3) is 0.500.